The van der Waals surface area contributed by atoms with E-state index in [2.05, 4.69) is 31.3 Å². The quantitative estimate of drug-likeness (QED) is 0.0194. The summed E-state index contributed by atoms with van der Waals surface area (Å²) in [6.45, 7) is 4.39. The van der Waals surface area contributed by atoms with Gasteiger partial charge in [0.25, 0.3) is 0 Å². The summed E-state index contributed by atoms with van der Waals surface area (Å²) in [5, 5.41) is 44.7. The molecule has 0 saturated carbocycles. The normalized spacial score (nSPS) is 22.7. The number of unbranched alkanes of at least 4 members (excludes halogenated alkanes) is 9. The summed E-state index contributed by atoms with van der Waals surface area (Å²) in [6, 6.07) is -0.969. The molecule has 1 fully saturated rings. The lowest BCUT2D eigenvalue weighted by Crippen LogP contribution is -2.45. The first-order valence-electron chi connectivity index (χ1n) is 20.4. The third kappa shape index (κ3) is 26.2. The number of rotatable bonds is 31. The molecule has 8 atom stereocenters. The number of nitrogens with one attached hydrogen (secondary N) is 1. The van der Waals surface area contributed by atoms with Crippen molar-refractivity contribution >= 4 is 13.7 Å². The number of aliphatic hydroxyl groups excluding tert-OH is 4. The zero-order valence-corrected chi connectivity index (χ0v) is 34.9. The zero-order valence-electron chi connectivity index (χ0n) is 34.0. The number of carbonyl (C=O) groups excluding carboxylic acids is 1. The van der Waals surface area contributed by atoms with E-state index in [0.717, 1.165) is 32.1 Å². The number of quaternary nitrogens is 1. The summed E-state index contributed by atoms with van der Waals surface area (Å²) in [5.74, 6) is -0.629. The van der Waals surface area contributed by atoms with Gasteiger partial charge in [0.05, 0.1) is 58.2 Å². The molecule has 1 amide bonds. The monoisotopic (exact) mass is 788 g/mol. The topological polar surface area (TPSA) is 175 Å². The van der Waals surface area contributed by atoms with E-state index in [4.69, 9.17) is 13.8 Å². The summed E-state index contributed by atoms with van der Waals surface area (Å²) in [7, 11) is 1.38. The highest BCUT2D eigenvalue weighted by atomic mass is 31.2. The second kappa shape index (κ2) is 29.5. The van der Waals surface area contributed by atoms with Crippen LogP contribution in [-0.4, -0.2) is 113 Å². The highest BCUT2D eigenvalue weighted by Crippen LogP contribution is 2.43. The number of phosphoric ester groups is 1. The number of nitrogens with zero attached hydrogens (tertiary/aromatic N) is 1. The van der Waals surface area contributed by atoms with E-state index in [1.165, 1.54) is 32.1 Å². The van der Waals surface area contributed by atoms with Gasteiger partial charge in [-0.25, -0.2) is 4.57 Å². The van der Waals surface area contributed by atoms with E-state index in [1.807, 2.05) is 39.4 Å². The van der Waals surface area contributed by atoms with Crippen LogP contribution in [0.25, 0.3) is 0 Å². The van der Waals surface area contributed by atoms with Crippen LogP contribution in [0.4, 0.5) is 0 Å². The Kier molecular flexibility index (Phi) is 27.5. The van der Waals surface area contributed by atoms with Gasteiger partial charge in [-0.05, 0) is 51.4 Å². The summed E-state index contributed by atoms with van der Waals surface area (Å²) in [4.78, 5) is 23.2. The molecule has 2 unspecified atom stereocenters. The summed E-state index contributed by atoms with van der Waals surface area (Å²) in [5.41, 5.74) is 0. The smallest absolute Gasteiger partial charge is 0.393 e. The molecule has 0 aliphatic carbocycles. The molecule has 0 radical (unpaired) electrons. The van der Waals surface area contributed by atoms with Crippen LogP contribution in [0.15, 0.2) is 48.6 Å². The SMILES string of the molecule is CCCCCCC/C=C\CC/C=C/[C@@H](O)[C@H](COP(=O)(O)OCC[N+](C)(C)C)NC(=O)CCC/C=C\C[C@H]1[C@@H](O)CC(O)O[C@@H]1/C=C/[C@@H](O)CCCCC. The van der Waals surface area contributed by atoms with Gasteiger partial charge >= 0.3 is 7.82 Å². The van der Waals surface area contributed by atoms with E-state index in [0.29, 0.717) is 43.1 Å². The molecule has 6 N–H and O–H groups in total. The second-order valence-electron chi connectivity index (χ2n) is 15.5. The van der Waals surface area contributed by atoms with Crippen molar-refractivity contribution < 1.29 is 52.9 Å². The Balaban J connectivity index is 2.69. The molecule has 1 heterocycles. The van der Waals surface area contributed by atoms with E-state index in [9.17, 15) is 34.7 Å². The van der Waals surface area contributed by atoms with Crippen LogP contribution < -0.4 is 5.32 Å². The average molecular weight is 788 g/mol. The Bertz CT molecular complexity index is 1140. The summed E-state index contributed by atoms with van der Waals surface area (Å²) < 4.78 is 29.1. The number of hydrogen-bond acceptors (Lipinski definition) is 9. The highest BCUT2D eigenvalue weighted by Gasteiger charge is 2.35. The Labute approximate surface area is 326 Å². The van der Waals surface area contributed by atoms with Gasteiger partial charge in [-0.3, -0.25) is 13.8 Å². The van der Waals surface area contributed by atoms with Crippen molar-refractivity contribution in [3.63, 3.8) is 0 Å². The average Bonchev–Trinajstić information content (AvgIpc) is 3.09. The summed E-state index contributed by atoms with van der Waals surface area (Å²) in [6.07, 6.45) is 25.2. The van der Waals surface area contributed by atoms with Crippen LogP contribution >= 0.6 is 7.82 Å². The van der Waals surface area contributed by atoms with Gasteiger partial charge in [0.15, 0.2) is 6.29 Å². The molecule has 1 saturated heterocycles. The standard InChI is InChI=1S/C41H75N2O10P/c1-6-8-10-11-12-13-14-15-16-17-22-26-37(45)36(33-52-54(49,50)51-31-30-43(3,4)5)42-40(47)27-23-19-18-21-25-35-38(46)32-41(48)53-39(35)29-28-34(44)24-20-9-7-2/h14-15,18,21-22,26,28-29,34-39,41,44-46,48H,6-13,16-17,19-20,23-25,27,30-33H2,1-5H3,(H-,42,47,49,50)/p+1/b15-14-,21-18-,26-22+,29-28+/t34-,35-,36-,37+,38-,39+,41?/m0/s1. The fraction of sp³-hybridized carbons (Fsp3) is 0.780. The molecule has 1 aliphatic rings. The maximum absolute atomic E-state index is 12.9. The minimum atomic E-state index is -4.42. The van der Waals surface area contributed by atoms with Gasteiger partial charge < -0.3 is 39.9 Å². The van der Waals surface area contributed by atoms with Crippen LogP contribution in [0, 0.1) is 5.92 Å². The molecule has 13 heteroatoms. The maximum Gasteiger partial charge on any atom is 0.472 e. The van der Waals surface area contributed by atoms with Crippen LogP contribution in [0.1, 0.15) is 123 Å². The first-order valence-corrected chi connectivity index (χ1v) is 21.9. The minimum Gasteiger partial charge on any atom is -0.393 e. The van der Waals surface area contributed by atoms with Crippen LogP contribution in [0.2, 0.25) is 0 Å². The van der Waals surface area contributed by atoms with Crippen molar-refractivity contribution in [3.05, 3.63) is 48.6 Å². The molecule has 0 aromatic rings. The van der Waals surface area contributed by atoms with E-state index in [1.54, 1.807) is 18.2 Å². The number of ether oxygens (including phenoxy) is 1. The molecule has 54 heavy (non-hydrogen) atoms. The maximum atomic E-state index is 12.9. The lowest BCUT2D eigenvalue weighted by atomic mass is 9.87. The predicted octanol–water partition coefficient (Wildman–Crippen LogP) is 6.62. The van der Waals surface area contributed by atoms with Crippen LogP contribution in [0.5, 0.6) is 0 Å². The summed E-state index contributed by atoms with van der Waals surface area (Å²) >= 11 is 0. The zero-order chi connectivity index (χ0) is 40.2. The van der Waals surface area contributed by atoms with Crippen molar-refractivity contribution in [2.45, 2.75) is 160 Å². The lowest BCUT2D eigenvalue weighted by molar-refractivity contribution is -0.870. The first-order chi connectivity index (χ1) is 25.7. The Morgan fingerprint density at radius 2 is 1.52 bits per heavy atom. The molecule has 1 aliphatic heterocycles. The lowest BCUT2D eigenvalue weighted by Gasteiger charge is -2.36. The predicted molar refractivity (Wildman–Crippen MR) is 215 cm³/mol. The van der Waals surface area contributed by atoms with Crippen molar-refractivity contribution in [2.75, 3.05) is 40.9 Å². The van der Waals surface area contributed by atoms with Crippen molar-refractivity contribution in [2.24, 2.45) is 5.92 Å². The van der Waals surface area contributed by atoms with E-state index < -0.39 is 51.2 Å². The highest BCUT2D eigenvalue weighted by molar-refractivity contribution is 7.47. The van der Waals surface area contributed by atoms with Gasteiger partial charge in [-0.15, -0.1) is 0 Å². The number of phosphoric acid groups is 1. The van der Waals surface area contributed by atoms with Gasteiger partial charge in [0.2, 0.25) is 5.91 Å². The number of hydrogen-bond donors (Lipinski definition) is 6. The van der Waals surface area contributed by atoms with Crippen LogP contribution in [0.3, 0.4) is 0 Å². The number of carbonyl (C=O) groups is 1. The number of amides is 1. The molecular weight excluding hydrogens is 711 g/mol. The molecular formula is C41H76N2O10P+. The van der Waals surface area contributed by atoms with Gasteiger partial charge in [-0.1, -0.05) is 107 Å². The fourth-order valence-electron chi connectivity index (χ4n) is 5.92. The van der Waals surface area contributed by atoms with Gasteiger partial charge in [-0.2, -0.15) is 0 Å². The van der Waals surface area contributed by atoms with E-state index >= 15 is 0 Å². The Morgan fingerprint density at radius 1 is 0.870 bits per heavy atom. The molecule has 0 bridgehead atoms. The van der Waals surface area contributed by atoms with Gasteiger partial charge in [0, 0.05) is 18.8 Å². The molecule has 1 rings (SSSR count). The second-order valence-corrected chi connectivity index (χ2v) is 17.0. The molecule has 314 valence electrons. The van der Waals surface area contributed by atoms with Crippen LogP contribution in [-0.2, 0) is 23.1 Å². The van der Waals surface area contributed by atoms with Gasteiger partial charge in [0.1, 0.15) is 13.2 Å². The molecule has 0 aromatic carbocycles. The molecule has 0 spiro atoms. The first kappa shape index (κ1) is 50.3. The molecule has 12 nitrogen and oxygen atoms in total. The fourth-order valence-corrected chi connectivity index (χ4v) is 6.65. The van der Waals surface area contributed by atoms with Crippen molar-refractivity contribution in [1.29, 1.82) is 0 Å². The number of aliphatic hydroxyl groups is 4. The Hall–Kier alpha value is -1.70. The third-order valence-electron chi connectivity index (χ3n) is 9.32. The van der Waals surface area contributed by atoms with E-state index in [-0.39, 0.29) is 31.3 Å². The molecule has 0 aromatic heterocycles. The van der Waals surface area contributed by atoms with Crippen molar-refractivity contribution in [3.8, 4) is 0 Å². The number of likely N-dealkylation sites (N-methyl/N-ethyl adjacent to an activating group) is 1. The van der Waals surface area contributed by atoms with Crippen molar-refractivity contribution in [1.82, 2.24) is 5.32 Å². The Morgan fingerprint density at radius 3 is 2.24 bits per heavy atom. The number of allylic oxidation sites excluding steroid dienone is 5. The largest absolute Gasteiger partial charge is 0.472 e. The minimum absolute atomic E-state index is 0.00479. The third-order valence-corrected chi connectivity index (χ3v) is 10.3.